The van der Waals surface area contributed by atoms with Gasteiger partial charge < -0.3 is 5.32 Å². The molecule has 1 aliphatic carbocycles. The van der Waals surface area contributed by atoms with E-state index < -0.39 is 23.5 Å². The number of aryl methyl sites for hydroxylation is 1. The van der Waals surface area contributed by atoms with Crippen LogP contribution in [0.4, 0.5) is 23.2 Å². The van der Waals surface area contributed by atoms with Crippen molar-refractivity contribution in [3.05, 3.63) is 71.1 Å². The summed E-state index contributed by atoms with van der Waals surface area (Å²) in [6.07, 6.45) is 0.0202. The smallest absolute Gasteiger partial charge is 0.324 e. The topological polar surface area (TPSA) is 83.6 Å². The van der Waals surface area contributed by atoms with Gasteiger partial charge in [-0.1, -0.05) is 12.1 Å². The van der Waals surface area contributed by atoms with E-state index in [1.54, 1.807) is 12.3 Å². The maximum absolute atomic E-state index is 14.8. The van der Waals surface area contributed by atoms with Crippen LogP contribution in [0.25, 0.3) is 22.2 Å². The molecule has 1 fully saturated rings. The maximum atomic E-state index is 14.8. The van der Waals surface area contributed by atoms with Crippen molar-refractivity contribution >= 4 is 22.6 Å². The highest BCUT2D eigenvalue weighted by molar-refractivity contribution is 5.92. The average molecular weight is 469 g/mol. The molecule has 1 amide bonds. The molecule has 0 unspecified atom stereocenters. The van der Waals surface area contributed by atoms with Crippen LogP contribution in [0.3, 0.4) is 0 Å². The Morgan fingerprint density at radius 1 is 1.12 bits per heavy atom. The van der Waals surface area contributed by atoms with Gasteiger partial charge in [0.25, 0.3) is 0 Å². The monoisotopic (exact) mass is 469 g/mol. The number of pyridine rings is 2. The predicted octanol–water partition coefficient (Wildman–Crippen LogP) is 5.54. The summed E-state index contributed by atoms with van der Waals surface area (Å²) >= 11 is 0. The third kappa shape index (κ3) is 4.35. The molecule has 0 atom stereocenters. The summed E-state index contributed by atoms with van der Waals surface area (Å²) in [5.74, 6) is -0.794. The number of carbonyl (C=O) groups is 1. The third-order valence-corrected chi connectivity index (χ3v) is 5.84. The van der Waals surface area contributed by atoms with Gasteiger partial charge in [0.05, 0.1) is 23.9 Å². The normalized spacial score (nSPS) is 13.9. The molecule has 3 heterocycles. The van der Waals surface area contributed by atoms with Gasteiger partial charge in [-0.3, -0.25) is 14.9 Å². The summed E-state index contributed by atoms with van der Waals surface area (Å²) in [6.45, 7) is 1.23. The zero-order chi connectivity index (χ0) is 24.0. The van der Waals surface area contributed by atoms with Crippen LogP contribution in [0.1, 0.15) is 41.3 Å². The van der Waals surface area contributed by atoms with Crippen molar-refractivity contribution in [1.29, 1.82) is 0 Å². The number of halogens is 4. The molecule has 10 heteroatoms. The molecular formula is C24H19F4N5O. The van der Waals surface area contributed by atoms with Crippen molar-refractivity contribution in [3.8, 4) is 11.1 Å². The van der Waals surface area contributed by atoms with E-state index in [2.05, 4.69) is 25.5 Å². The number of nitrogens with zero attached hydrogens (tertiary/aromatic N) is 3. The average Bonchev–Trinajstić information content (AvgIpc) is 3.54. The Labute approximate surface area is 191 Å². The van der Waals surface area contributed by atoms with Gasteiger partial charge in [-0.2, -0.15) is 18.3 Å². The summed E-state index contributed by atoms with van der Waals surface area (Å²) in [7, 11) is 0. The molecular weight excluding hydrogens is 450 g/mol. The molecule has 0 aliphatic heterocycles. The van der Waals surface area contributed by atoms with Gasteiger partial charge in [0, 0.05) is 34.5 Å². The number of aromatic amines is 1. The fourth-order valence-corrected chi connectivity index (χ4v) is 3.90. The molecule has 2 N–H and O–H groups in total. The van der Waals surface area contributed by atoms with Crippen LogP contribution in [-0.2, 0) is 17.4 Å². The number of carbonyl (C=O) groups excluding carboxylic acids is 1. The van der Waals surface area contributed by atoms with E-state index in [0.717, 1.165) is 41.7 Å². The summed E-state index contributed by atoms with van der Waals surface area (Å²) in [4.78, 5) is 20.4. The fourth-order valence-electron chi connectivity index (χ4n) is 3.90. The number of anilines is 1. The number of hydrogen-bond acceptors (Lipinski definition) is 4. The second kappa shape index (κ2) is 8.19. The zero-order valence-electron chi connectivity index (χ0n) is 18.0. The molecule has 0 spiro atoms. The fraction of sp³-hybridized carbons (Fsp3) is 0.250. The molecule has 0 saturated heterocycles. The first-order valence-electron chi connectivity index (χ1n) is 10.7. The number of nitrogens with one attached hydrogen (secondary N) is 2. The number of rotatable bonds is 5. The van der Waals surface area contributed by atoms with Gasteiger partial charge in [-0.05, 0) is 49.1 Å². The first-order valence-corrected chi connectivity index (χ1v) is 10.7. The summed E-state index contributed by atoms with van der Waals surface area (Å²) in [6, 6.07) is 7.22. The van der Waals surface area contributed by atoms with Crippen molar-refractivity contribution in [1.82, 2.24) is 20.2 Å². The van der Waals surface area contributed by atoms with Crippen molar-refractivity contribution in [2.45, 2.75) is 38.3 Å². The second-order valence-electron chi connectivity index (χ2n) is 8.39. The molecule has 0 radical (unpaired) electrons. The first kappa shape index (κ1) is 22.0. The van der Waals surface area contributed by atoms with E-state index in [9.17, 15) is 22.4 Å². The Hall–Kier alpha value is -3.82. The number of fused-ring (bicyclic) bond motifs is 1. The Bertz CT molecular complexity index is 1410. The van der Waals surface area contributed by atoms with E-state index >= 15 is 0 Å². The summed E-state index contributed by atoms with van der Waals surface area (Å²) in [5.41, 5.74) is 1.84. The lowest BCUT2D eigenvalue weighted by Gasteiger charge is -2.12. The Morgan fingerprint density at radius 3 is 2.62 bits per heavy atom. The zero-order valence-corrected chi connectivity index (χ0v) is 18.0. The van der Waals surface area contributed by atoms with Gasteiger partial charge in [0.1, 0.15) is 5.82 Å². The van der Waals surface area contributed by atoms with E-state index in [4.69, 9.17) is 0 Å². The first-order chi connectivity index (χ1) is 16.2. The molecule has 34 heavy (non-hydrogen) atoms. The van der Waals surface area contributed by atoms with Crippen molar-refractivity contribution in [2.24, 2.45) is 0 Å². The Balaban J connectivity index is 1.33. The van der Waals surface area contributed by atoms with Crippen LogP contribution >= 0.6 is 0 Å². The molecule has 1 aliphatic rings. The minimum atomic E-state index is -4.59. The standard InChI is InChI=1S/C24H19F4N5O/c1-12-19(24(26,27)28)9-17(11-29-12)31-21(34)8-15-5-4-14(7-20(15)25)16-6-18-22(13-2-3-13)32-33-23(18)30-10-16/h4-7,9-11,13H,2-3,8H2,1H3,(H,31,34)(H,30,32,33). The molecule has 174 valence electrons. The Morgan fingerprint density at radius 2 is 1.91 bits per heavy atom. The summed E-state index contributed by atoms with van der Waals surface area (Å²) in [5, 5.41) is 10.5. The van der Waals surface area contributed by atoms with Gasteiger partial charge in [-0.15, -0.1) is 0 Å². The minimum absolute atomic E-state index is 0.106. The number of benzene rings is 1. The molecule has 4 aromatic rings. The van der Waals surface area contributed by atoms with Crippen LogP contribution in [0, 0.1) is 12.7 Å². The lowest BCUT2D eigenvalue weighted by molar-refractivity contribution is -0.138. The van der Waals surface area contributed by atoms with Gasteiger partial charge in [0.15, 0.2) is 5.65 Å². The molecule has 0 bridgehead atoms. The lowest BCUT2D eigenvalue weighted by Crippen LogP contribution is -2.17. The van der Waals surface area contributed by atoms with Gasteiger partial charge in [0.2, 0.25) is 5.91 Å². The number of hydrogen-bond donors (Lipinski definition) is 2. The van der Waals surface area contributed by atoms with Crippen LogP contribution in [0.15, 0.2) is 42.7 Å². The molecule has 6 nitrogen and oxygen atoms in total. The SMILES string of the molecule is Cc1ncc(NC(=O)Cc2ccc(-c3cnc4n[nH]c(C5CC5)c4c3)cc2F)cc1C(F)(F)F. The third-order valence-electron chi connectivity index (χ3n) is 5.84. The number of H-pyrrole nitrogens is 1. The maximum Gasteiger partial charge on any atom is 0.418 e. The quantitative estimate of drug-likeness (QED) is 0.376. The van der Waals surface area contributed by atoms with Gasteiger partial charge in [-0.25, -0.2) is 9.37 Å². The highest BCUT2D eigenvalue weighted by Crippen LogP contribution is 2.42. The van der Waals surface area contributed by atoms with Crippen LogP contribution in [0.5, 0.6) is 0 Å². The highest BCUT2D eigenvalue weighted by Gasteiger charge is 2.33. The van der Waals surface area contributed by atoms with E-state index in [1.807, 2.05) is 6.07 Å². The second-order valence-corrected chi connectivity index (χ2v) is 8.39. The molecule has 3 aromatic heterocycles. The van der Waals surface area contributed by atoms with Crippen LogP contribution in [-0.4, -0.2) is 26.1 Å². The minimum Gasteiger partial charge on any atom is -0.324 e. The van der Waals surface area contributed by atoms with Crippen LogP contribution in [0.2, 0.25) is 0 Å². The van der Waals surface area contributed by atoms with Crippen molar-refractivity contribution in [3.63, 3.8) is 0 Å². The number of aromatic nitrogens is 4. The van der Waals surface area contributed by atoms with E-state index in [1.165, 1.54) is 19.1 Å². The van der Waals surface area contributed by atoms with Crippen molar-refractivity contribution < 1.29 is 22.4 Å². The molecule has 1 aromatic carbocycles. The largest absolute Gasteiger partial charge is 0.418 e. The van der Waals surface area contributed by atoms with Gasteiger partial charge >= 0.3 is 6.18 Å². The molecule has 5 rings (SSSR count). The summed E-state index contributed by atoms with van der Waals surface area (Å²) < 4.78 is 54.0. The lowest BCUT2D eigenvalue weighted by atomic mass is 10.0. The van der Waals surface area contributed by atoms with Crippen LogP contribution < -0.4 is 5.32 Å². The van der Waals surface area contributed by atoms with E-state index in [0.29, 0.717) is 17.1 Å². The number of alkyl halides is 3. The number of amides is 1. The van der Waals surface area contributed by atoms with E-state index in [-0.39, 0.29) is 23.4 Å². The Kier molecular flexibility index (Phi) is 5.30. The van der Waals surface area contributed by atoms with Crippen molar-refractivity contribution in [2.75, 3.05) is 5.32 Å². The molecule has 1 saturated carbocycles. The highest BCUT2D eigenvalue weighted by atomic mass is 19.4. The predicted molar refractivity (Wildman–Crippen MR) is 118 cm³/mol.